The number of amides is 1. The van der Waals surface area contributed by atoms with Crippen LogP contribution in [0.4, 0.5) is 0 Å². The lowest BCUT2D eigenvalue weighted by Crippen LogP contribution is -2.49. The molecule has 11 nitrogen and oxygen atoms in total. The summed E-state index contributed by atoms with van der Waals surface area (Å²) in [6.45, 7) is 12.1. The molecule has 11 heteroatoms. The Morgan fingerprint density at radius 1 is 0.947 bits per heavy atom. The number of fused-ring (bicyclic) bond motifs is 4. The number of hydrogen-bond acceptors (Lipinski definition) is 7. The maximum absolute atomic E-state index is 13.2. The van der Waals surface area contributed by atoms with Gasteiger partial charge in [0.2, 0.25) is 0 Å². The average Bonchev–Trinajstić information content (AvgIpc) is 2.86. The minimum Gasteiger partial charge on any atom is -0.481 e. The van der Waals surface area contributed by atoms with Crippen LogP contribution in [-0.2, 0) is 16.1 Å². The number of hydrogen-bond donors (Lipinski definition) is 3. The number of nitrogens with one attached hydrogen (secondary N) is 1. The van der Waals surface area contributed by atoms with Crippen molar-refractivity contribution in [3.8, 4) is 0 Å². The number of nitrogens with zero attached hydrogens (tertiary/aromatic N) is 4. The largest absolute Gasteiger partial charge is 0.481 e. The maximum Gasteiger partial charge on any atom is 0.300 e. The Morgan fingerprint density at radius 3 is 2.16 bits per heavy atom. The predicted octanol–water partition coefficient (Wildman–Crippen LogP) is 0.836. The lowest BCUT2D eigenvalue weighted by Gasteiger charge is -2.38. The maximum atomic E-state index is 13.2. The fourth-order valence-electron chi connectivity index (χ4n) is 5.84. The van der Waals surface area contributed by atoms with Crippen molar-refractivity contribution in [2.75, 3.05) is 66.0 Å². The number of pyridine rings is 1. The van der Waals surface area contributed by atoms with Gasteiger partial charge in [-0.25, -0.2) is 0 Å². The number of aromatic nitrogens is 1. The molecule has 3 fully saturated rings. The van der Waals surface area contributed by atoms with Crippen molar-refractivity contribution in [2.24, 2.45) is 11.8 Å². The highest BCUT2D eigenvalue weighted by Gasteiger charge is 2.33. The number of likely N-dealkylation sites (tertiary alicyclic amines) is 1. The Bertz CT molecular complexity index is 1010. The summed E-state index contributed by atoms with van der Waals surface area (Å²) in [4.78, 5) is 51.2. The molecule has 1 aromatic rings. The van der Waals surface area contributed by atoms with Crippen LogP contribution < -0.4 is 10.9 Å². The molecule has 212 valence electrons. The first-order valence-corrected chi connectivity index (χ1v) is 13.6. The predicted molar refractivity (Wildman–Crippen MR) is 144 cm³/mol. The molecule has 2 atom stereocenters. The molecule has 0 unspecified atom stereocenters. The number of piperidine rings is 2. The van der Waals surface area contributed by atoms with E-state index in [4.69, 9.17) is 19.8 Å². The zero-order valence-corrected chi connectivity index (χ0v) is 22.9. The van der Waals surface area contributed by atoms with Gasteiger partial charge in [-0.2, -0.15) is 0 Å². The number of carboxylic acids is 2. The van der Waals surface area contributed by atoms with Gasteiger partial charge < -0.3 is 34.8 Å². The number of aliphatic carboxylic acids is 2. The topological polar surface area (TPSA) is 135 Å². The van der Waals surface area contributed by atoms with Gasteiger partial charge in [0.25, 0.3) is 23.4 Å². The molecule has 3 saturated heterocycles. The number of carbonyl (C=O) groups excluding carboxylic acids is 1. The molecule has 0 aliphatic carbocycles. The van der Waals surface area contributed by atoms with Crippen LogP contribution in [-0.4, -0.2) is 113 Å². The van der Waals surface area contributed by atoms with Crippen molar-refractivity contribution in [3.05, 3.63) is 33.7 Å². The summed E-state index contributed by atoms with van der Waals surface area (Å²) in [6.07, 6.45) is 3.24. The molecular formula is C27H43N5O6. The van der Waals surface area contributed by atoms with Gasteiger partial charge in [-0.15, -0.1) is 0 Å². The van der Waals surface area contributed by atoms with Gasteiger partial charge in [0.15, 0.2) is 0 Å². The Morgan fingerprint density at radius 2 is 1.55 bits per heavy atom. The summed E-state index contributed by atoms with van der Waals surface area (Å²) in [6, 6.07) is 3.82. The van der Waals surface area contributed by atoms with Gasteiger partial charge in [-0.3, -0.25) is 19.2 Å². The minimum absolute atomic E-state index is 0.0674. The van der Waals surface area contributed by atoms with Gasteiger partial charge >= 0.3 is 0 Å². The summed E-state index contributed by atoms with van der Waals surface area (Å²) in [7, 11) is 2.19. The number of carboxylic acid groups (broad SMARTS) is 2. The van der Waals surface area contributed by atoms with Crippen LogP contribution >= 0.6 is 0 Å². The first-order chi connectivity index (χ1) is 18.0. The van der Waals surface area contributed by atoms with Crippen LogP contribution in [0.5, 0.6) is 0 Å². The normalized spacial score (nSPS) is 23.7. The molecule has 3 N–H and O–H groups in total. The molecule has 38 heavy (non-hydrogen) atoms. The summed E-state index contributed by atoms with van der Waals surface area (Å²) < 4.78 is 1.90. The number of piperazine rings is 1. The quantitative estimate of drug-likeness (QED) is 0.516. The van der Waals surface area contributed by atoms with Crippen LogP contribution in [0.1, 0.15) is 55.1 Å². The zero-order valence-electron chi connectivity index (χ0n) is 22.9. The fourth-order valence-corrected chi connectivity index (χ4v) is 5.84. The third-order valence-electron chi connectivity index (χ3n) is 7.75. The van der Waals surface area contributed by atoms with Gasteiger partial charge in [0, 0.05) is 84.4 Å². The second-order valence-electron chi connectivity index (χ2n) is 10.9. The molecule has 5 heterocycles. The second-order valence-corrected chi connectivity index (χ2v) is 10.9. The zero-order chi connectivity index (χ0) is 27.8. The first-order valence-electron chi connectivity index (χ1n) is 13.6. The van der Waals surface area contributed by atoms with E-state index < -0.39 is 11.9 Å². The highest BCUT2D eigenvalue weighted by atomic mass is 16.4. The summed E-state index contributed by atoms with van der Waals surface area (Å²) >= 11 is 0. The van der Waals surface area contributed by atoms with Crippen LogP contribution in [0.2, 0.25) is 0 Å². The molecule has 4 aliphatic rings. The van der Waals surface area contributed by atoms with Crippen molar-refractivity contribution >= 4 is 17.8 Å². The molecule has 0 spiro atoms. The summed E-state index contributed by atoms with van der Waals surface area (Å²) in [5, 5.41) is 18.3. The third kappa shape index (κ3) is 8.37. The lowest BCUT2D eigenvalue weighted by molar-refractivity contribution is -0.135. The molecular weight excluding hydrogens is 490 g/mol. The molecule has 4 aliphatic heterocycles. The SMILES string of the molecule is CC(=O)O.CC(=O)O.CN1CCN(CC2CCN(C(=O)c3ccc4n(c3=O)C[C@@H]3CNC[C@H]4C3)CC2)CC1. The van der Waals surface area contributed by atoms with Crippen molar-refractivity contribution in [1.29, 1.82) is 0 Å². The van der Waals surface area contributed by atoms with Crippen molar-refractivity contribution in [3.63, 3.8) is 0 Å². The van der Waals surface area contributed by atoms with Gasteiger partial charge in [-0.05, 0) is 56.8 Å². The molecule has 1 amide bonds. The van der Waals surface area contributed by atoms with Gasteiger partial charge in [-0.1, -0.05) is 0 Å². The Balaban J connectivity index is 0.000000443. The van der Waals surface area contributed by atoms with Gasteiger partial charge in [0.1, 0.15) is 5.56 Å². The van der Waals surface area contributed by atoms with E-state index in [9.17, 15) is 9.59 Å². The lowest BCUT2D eigenvalue weighted by atomic mass is 9.84. The van der Waals surface area contributed by atoms with E-state index in [2.05, 4.69) is 22.2 Å². The van der Waals surface area contributed by atoms with E-state index in [-0.39, 0.29) is 11.5 Å². The summed E-state index contributed by atoms with van der Waals surface area (Å²) in [5.74, 6) is -0.166. The van der Waals surface area contributed by atoms with E-state index in [0.717, 1.165) is 104 Å². The van der Waals surface area contributed by atoms with E-state index in [1.165, 1.54) is 0 Å². The van der Waals surface area contributed by atoms with E-state index in [1.54, 1.807) is 6.07 Å². The number of likely N-dealkylation sites (N-methyl/N-ethyl adjacent to an activating group) is 1. The number of rotatable bonds is 3. The van der Waals surface area contributed by atoms with Crippen LogP contribution in [0.25, 0.3) is 0 Å². The summed E-state index contributed by atoms with van der Waals surface area (Å²) in [5.41, 5.74) is 1.39. The molecule has 0 saturated carbocycles. The molecule has 2 bridgehead atoms. The van der Waals surface area contributed by atoms with Crippen molar-refractivity contribution in [2.45, 2.75) is 45.6 Å². The number of carbonyl (C=O) groups is 3. The second kappa shape index (κ2) is 13.9. The molecule has 0 aromatic carbocycles. The van der Waals surface area contributed by atoms with E-state index in [1.807, 2.05) is 15.5 Å². The molecule has 1 aromatic heterocycles. The van der Waals surface area contributed by atoms with Crippen molar-refractivity contribution in [1.82, 2.24) is 24.6 Å². The Hall–Kier alpha value is -2.76. The third-order valence-corrected chi connectivity index (χ3v) is 7.75. The van der Waals surface area contributed by atoms with Gasteiger partial charge in [0.05, 0.1) is 0 Å². The smallest absolute Gasteiger partial charge is 0.300 e. The highest BCUT2D eigenvalue weighted by Crippen LogP contribution is 2.32. The average molecular weight is 534 g/mol. The van der Waals surface area contributed by atoms with Crippen LogP contribution in [0.15, 0.2) is 16.9 Å². The van der Waals surface area contributed by atoms with E-state index >= 15 is 0 Å². The molecule has 5 rings (SSSR count). The first kappa shape index (κ1) is 29.8. The van der Waals surface area contributed by atoms with Crippen LogP contribution in [0, 0.1) is 11.8 Å². The molecule has 0 radical (unpaired) electrons. The highest BCUT2D eigenvalue weighted by molar-refractivity contribution is 5.94. The van der Waals surface area contributed by atoms with Crippen molar-refractivity contribution < 1.29 is 24.6 Å². The fraction of sp³-hybridized carbons (Fsp3) is 0.704. The minimum atomic E-state index is -0.833. The van der Waals surface area contributed by atoms with Crippen LogP contribution in [0.3, 0.4) is 0 Å². The Kier molecular flexibility index (Phi) is 10.9. The standard InChI is InChI=1S/C23H35N5O2.2C2H4O2/c1-25-8-10-26(11-9-25)15-17-4-6-27(7-5-17)22(29)20-2-3-21-19-12-18(13-24-14-19)16-28(21)23(20)30;2*1-2(3)4/h2-3,17-19,24H,4-16H2,1H3;2*1H3,(H,3,4)/t18-,19+;;/m0../s1. The van der Waals surface area contributed by atoms with E-state index in [0.29, 0.717) is 23.3 Å². The Labute approximate surface area is 224 Å². The monoisotopic (exact) mass is 533 g/mol.